The molecule has 0 spiro atoms. The van der Waals surface area contributed by atoms with Gasteiger partial charge in [0.1, 0.15) is 12.4 Å². The number of amidine groups is 2. The van der Waals surface area contributed by atoms with Crippen LogP contribution in [0.15, 0.2) is 22.3 Å². The Balaban J connectivity index is 1.50. The lowest BCUT2D eigenvalue weighted by molar-refractivity contribution is 0.0672. The first-order valence-electron chi connectivity index (χ1n) is 8.33. The van der Waals surface area contributed by atoms with Crippen molar-refractivity contribution in [3.63, 3.8) is 0 Å². The minimum atomic E-state index is 0.467. The number of piperidine rings is 1. The third-order valence-corrected chi connectivity index (χ3v) is 4.30. The highest BCUT2D eigenvalue weighted by Crippen LogP contribution is 2.15. The third-order valence-electron chi connectivity index (χ3n) is 4.30. The Morgan fingerprint density at radius 2 is 1.82 bits per heavy atom. The van der Waals surface area contributed by atoms with Crippen LogP contribution in [0.2, 0.25) is 0 Å². The predicted molar refractivity (Wildman–Crippen MR) is 87.3 cm³/mol. The highest BCUT2D eigenvalue weighted by atomic mass is 16.5. The maximum atomic E-state index is 5.78. The van der Waals surface area contributed by atoms with E-state index in [0.29, 0.717) is 19.0 Å². The summed E-state index contributed by atoms with van der Waals surface area (Å²) in [5.41, 5.74) is 0.824. The zero-order chi connectivity index (χ0) is 15.2. The van der Waals surface area contributed by atoms with Crippen LogP contribution >= 0.6 is 0 Å². The topological polar surface area (TPSA) is 49.7 Å². The van der Waals surface area contributed by atoms with Gasteiger partial charge < -0.3 is 14.4 Å². The lowest BCUT2D eigenvalue weighted by Gasteiger charge is -2.31. The minimum Gasteiger partial charge on any atom is -0.462 e. The van der Waals surface area contributed by atoms with Crippen LogP contribution in [0.1, 0.15) is 25.7 Å². The van der Waals surface area contributed by atoms with Gasteiger partial charge in [-0.2, -0.15) is 4.99 Å². The van der Waals surface area contributed by atoms with Crippen LogP contribution in [0.25, 0.3) is 0 Å². The summed E-state index contributed by atoms with van der Waals surface area (Å²) in [7, 11) is 0. The van der Waals surface area contributed by atoms with Crippen molar-refractivity contribution in [1.29, 1.82) is 0 Å². The van der Waals surface area contributed by atoms with E-state index in [0.717, 1.165) is 44.4 Å². The Bertz CT molecular complexity index is 449. The number of ether oxygens (including phenoxy) is 2. The molecule has 0 atom stereocenters. The Hall–Kier alpha value is -1.40. The van der Waals surface area contributed by atoms with Crippen molar-refractivity contribution in [2.45, 2.75) is 25.7 Å². The van der Waals surface area contributed by atoms with Crippen LogP contribution in [0.5, 0.6) is 0 Å². The second kappa shape index (κ2) is 7.74. The van der Waals surface area contributed by atoms with E-state index in [4.69, 9.17) is 9.47 Å². The van der Waals surface area contributed by atoms with Gasteiger partial charge >= 0.3 is 6.02 Å². The SMILES string of the molecule is C=C1CC(N2CCOCC2)=NC(OCCN2CCCCC2)=N1. The van der Waals surface area contributed by atoms with Gasteiger partial charge in [-0.1, -0.05) is 13.0 Å². The van der Waals surface area contributed by atoms with E-state index >= 15 is 0 Å². The average molecular weight is 306 g/mol. The second-order valence-electron chi connectivity index (χ2n) is 6.02. The largest absolute Gasteiger partial charge is 0.462 e. The summed E-state index contributed by atoms with van der Waals surface area (Å²) in [6, 6.07) is 0.467. The molecule has 0 saturated carbocycles. The first-order valence-corrected chi connectivity index (χ1v) is 8.33. The van der Waals surface area contributed by atoms with E-state index in [-0.39, 0.29) is 0 Å². The highest BCUT2D eigenvalue weighted by Gasteiger charge is 2.20. The zero-order valence-electron chi connectivity index (χ0n) is 13.3. The van der Waals surface area contributed by atoms with Gasteiger partial charge in [-0.05, 0) is 25.9 Å². The molecule has 0 aromatic carbocycles. The number of hydrogen-bond donors (Lipinski definition) is 0. The molecule has 0 bridgehead atoms. The van der Waals surface area contributed by atoms with Gasteiger partial charge in [0.05, 0.1) is 13.2 Å². The maximum Gasteiger partial charge on any atom is 0.318 e. The Kier molecular flexibility index (Phi) is 5.45. The number of aliphatic imine (C=N–C) groups is 2. The maximum absolute atomic E-state index is 5.78. The van der Waals surface area contributed by atoms with Crippen molar-refractivity contribution in [3.05, 3.63) is 12.3 Å². The number of morpholine rings is 1. The standard InChI is InChI=1S/C16H26N4O2/c1-14-13-15(20-8-10-21-11-9-20)18-16(17-14)22-12-7-19-5-3-2-4-6-19/h1-13H2. The van der Waals surface area contributed by atoms with Crippen LogP contribution in [0, 0.1) is 0 Å². The molecule has 0 aliphatic carbocycles. The molecule has 2 saturated heterocycles. The number of likely N-dealkylation sites (tertiary alicyclic amines) is 1. The number of hydrogen-bond acceptors (Lipinski definition) is 6. The van der Waals surface area contributed by atoms with E-state index < -0.39 is 0 Å². The van der Waals surface area contributed by atoms with Gasteiger partial charge in [0.25, 0.3) is 0 Å². The Morgan fingerprint density at radius 3 is 2.59 bits per heavy atom. The van der Waals surface area contributed by atoms with Crippen molar-refractivity contribution in [1.82, 2.24) is 9.80 Å². The van der Waals surface area contributed by atoms with E-state index in [9.17, 15) is 0 Å². The van der Waals surface area contributed by atoms with Crippen molar-refractivity contribution in [2.24, 2.45) is 9.98 Å². The van der Waals surface area contributed by atoms with Gasteiger partial charge in [0, 0.05) is 31.8 Å². The fourth-order valence-corrected chi connectivity index (χ4v) is 3.05. The first-order chi connectivity index (χ1) is 10.8. The third kappa shape index (κ3) is 4.30. The molecule has 3 aliphatic rings. The molecule has 0 N–H and O–H groups in total. The molecular formula is C16H26N4O2. The van der Waals surface area contributed by atoms with Crippen molar-refractivity contribution in [3.8, 4) is 0 Å². The summed E-state index contributed by atoms with van der Waals surface area (Å²) < 4.78 is 11.2. The molecule has 3 aliphatic heterocycles. The molecule has 3 heterocycles. The molecule has 0 aromatic heterocycles. The zero-order valence-corrected chi connectivity index (χ0v) is 13.3. The van der Waals surface area contributed by atoms with Gasteiger partial charge in [-0.15, -0.1) is 0 Å². The summed E-state index contributed by atoms with van der Waals surface area (Å²) in [4.78, 5) is 13.6. The van der Waals surface area contributed by atoms with Crippen LogP contribution in [-0.2, 0) is 9.47 Å². The van der Waals surface area contributed by atoms with E-state index in [2.05, 4.69) is 26.4 Å². The van der Waals surface area contributed by atoms with E-state index in [1.807, 2.05) is 0 Å². The van der Waals surface area contributed by atoms with Crippen LogP contribution in [0.3, 0.4) is 0 Å². The average Bonchev–Trinajstić information content (AvgIpc) is 2.56. The fourth-order valence-electron chi connectivity index (χ4n) is 3.05. The summed E-state index contributed by atoms with van der Waals surface area (Å²) in [6.45, 7) is 11.2. The fraction of sp³-hybridized carbons (Fsp3) is 0.750. The first kappa shape index (κ1) is 15.5. The lowest BCUT2D eigenvalue weighted by Crippen LogP contribution is -2.42. The van der Waals surface area contributed by atoms with Crippen molar-refractivity contribution >= 4 is 11.9 Å². The summed E-state index contributed by atoms with van der Waals surface area (Å²) in [5, 5.41) is 0. The normalized spacial score (nSPS) is 24.0. The molecule has 0 amide bonds. The number of rotatable bonds is 3. The monoisotopic (exact) mass is 306 g/mol. The summed E-state index contributed by atoms with van der Waals surface area (Å²) in [6.07, 6.45) is 4.67. The van der Waals surface area contributed by atoms with Crippen LogP contribution < -0.4 is 0 Å². The van der Waals surface area contributed by atoms with Gasteiger partial charge in [-0.25, -0.2) is 4.99 Å². The van der Waals surface area contributed by atoms with Crippen molar-refractivity contribution < 1.29 is 9.47 Å². The quantitative estimate of drug-likeness (QED) is 0.793. The smallest absolute Gasteiger partial charge is 0.318 e. The molecule has 0 unspecified atom stereocenters. The van der Waals surface area contributed by atoms with Gasteiger partial charge in [-0.3, -0.25) is 4.90 Å². The summed E-state index contributed by atoms with van der Waals surface area (Å²) >= 11 is 0. The molecule has 0 aromatic rings. The minimum absolute atomic E-state index is 0.467. The number of nitrogens with zero attached hydrogens (tertiary/aromatic N) is 4. The molecule has 3 rings (SSSR count). The van der Waals surface area contributed by atoms with Gasteiger partial charge in [0.2, 0.25) is 0 Å². The van der Waals surface area contributed by atoms with Gasteiger partial charge in [0.15, 0.2) is 0 Å². The van der Waals surface area contributed by atoms with Crippen molar-refractivity contribution in [2.75, 3.05) is 52.5 Å². The van der Waals surface area contributed by atoms with E-state index in [1.165, 1.54) is 32.4 Å². The predicted octanol–water partition coefficient (Wildman–Crippen LogP) is 1.49. The molecule has 22 heavy (non-hydrogen) atoms. The molecule has 122 valence electrons. The summed E-state index contributed by atoms with van der Waals surface area (Å²) in [5.74, 6) is 1.01. The molecule has 6 nitrogen and oxygen atoms in total. The molecule has 6 heteroatoms. The molecule has 0 radical (unpaired) electrons. The van der Waals surface area contributed by atoms with E-state index in [1.54, 1.807) is 0 Å². The molecule has 2 fully saturated rings. The van der Waals surface area contributed by atoms with Crippen LogP contribution in [0.4, 0.5) is 0 Å². The molecular weight excluding hydrogens is 280 g/mol. The Morgan fingerprint density at radius 1 is 1.05 bits per heavy atom. The van der Waals surface area contributed by atoms with Crippen LogP contribution in [-0.4, -0.2) is 74.2 Å². The lowest BCUT2D eigenvalue weighted by atomic mass is 10.1. The Labute approximate surface area is 132 Å². The highest BCUT2D eigenvalue weighted by molar-refractivity contribution is 5.97. The second-order valence-corrected chi connectivity index (χ2v) is 6.02.